The normalized spacial score (nSPS) is 17.8. The number of carbonyl (C=O) groups excluding carboxylic acids is 1. The fraction of sp³-hybridized carbons (Fsp3) is 0.778. The van der Waals surface area contributed by atoms with Gasteiger partial charge in [0, 0.05) is 26.2 Å². The second-order valence-corrected chi connectivity index (χ2v) is 4.35. The number of carboxylic acids is 1. The van der Waals surface area contributed by atoms with Crippen molar-refractivity contribution in [2.45, 2.75) is 0 Å². The van der Waals surface area contributed by atoms with Crippen LogP contribution in [0, 0.1) is 0 Å². The lowest BCUT2D eigenvalue weighted by Crippen LogP contribution is -2.50. The van der Waals surface area contributed by atoms with Gasteiger partial charge < -0.3 is 10.0 Å². The molecule has 0 saturated carbocycles. The van der Waals surface area contributed by atoms with E-state index in [-0.39, 0.29) is 12.5 Å². The number of amides is 1. The zero-order chi connectivity index (χ0) is 11.3. The Kier molecular flexibility index (Phi) is 4.90. The molecule has 86 valence electrons. The highest BCUT2D eigenvalue weighted by molar-refractivity contribution is 7.99. The van der Waals surface area contributed by atoms with E-state index in [1.807, 2.05) is 11.2 Å². The zero-order valence-corrected chi connectivity index (χ0v) is 9.63. The summed E-state index contributed by atoms with van der Waals surface area (Å²) in [5.41, 5.74) is 0. The largest absolute Gasteiger partial charge is 0.480 e. The van der Waals surface area contributed by atoms with Gasteiger partial charge in [-0.25, -0.2) is 0 Å². The lowest BCUT2D eigenvalue weighted by atomic mass is 10.3. The average Bonchev–Trinajstić information content (AvgIpc) is 2.18. The van der Waals surface area contributed by atoms with E-state index >= 15 is 0 Å². The summed E-state index contributed by atoms with van der Waals surface area (Å²) >= 11 is 1.52. The van der Waals surface area contributed by atoms with Gasteiger partial charge in [-0.05, 0) is 6.26 Å². The maximum absolute atomic E-state index is 11.5. The van der Waals surface area contributed by atoms with Crippen molar-refractivity contribution < 1.29 is 14.7 Å². The number of carbonyl (C=O) groups is 2. The molecule has 0 unspecified atom stereocenters. The van der Waals surface area contributed by atoms with Gasteiger partial charge in [-0.1, -0.05) is 0 Å². The van der Waals surface area contributed by atoms with Crippen molar-refractivity contribution in [1.82, 2.24) is 9.80 Å². The van der Waals surface area contributed by atoms with Crippen LogP contribution in [0.4, 0.5) is 0 Å². The number of rotatable bonds is 4. The quantitative estimate of drug-likeness (QED) is 0.713. The van der Waals surface area contributed by atoms with Gasteiger partial charge in [0.15, 0.2) is 0 Å². The van der Waals surface area contributed by atoms with Gasteiger partial charge in [-0.3, -0.25) is 14.5 Å². The molecule has 1 amide bonds. The fourth-order valence-electron chi connectivity index (χ4n) is 1.56. The Hall–Kier alpha value is -0.750. The van der Waals surface area contributed by atoms with Crippen molar-refractivity contribution in [2.24, 2.45) is 0 Å². The van der Waals surface area contributed by atoms with Gasteiger partial charge in [-0.15, -0.1) is 0 Å². The van der Waals surface area contributed by atoms with E-state index in [9.17, 15) is 9.59 Å². The van der Waals surface area contributed by atoms with Crippen molar-refractivity contribution >= 4 is 23.6 Å². The van der Waals surface area contributed by atoms with Gasteiger partial charge in [0.25, 0.3) is 0 Å². The predicted octanol–water partition coefficient (Wildman–Crippen LogP) is -0.422. The summed E-state index contributed by atoms with van der Waals surface area (Å²) in [7, 11) is 0. The molecule has 6 heteroatoms. The molecule has 1 rings (SSSR count). The molecule has 0 radical (unpaired) electrons. The highest BCUT2D eigenvalue weighted by atomic mass is 32.2. The third-order valence-electron chi connectivity index (χ3n) is 2.35. The van der Waals surface area contributed by atoms with Crippen molar-refractivity contribution in [3.05, 3.63) is 0 Å². The first-order valence-electron chi connectivity index (χ1n) is 4.84. The van der Waals surface area contributed by atoms with E-state index in [4.69, 9.17) is 5.11 Å². The average molecular weight is 232 g/mol. The lowest BCUT2D eigenvalue weighted by molar-refractivity contribution is -0.139. The van der Waals surface area contributed by atoms with Crippen LogP contribution < -0.4 is 0 Å². The molecule has 15 heavy (non-hydrogen) atoms. The second-order valence-electron chi connectivity index (χ2n) is 3.48. The fourth-order valence-corrected chi connectivity index (χ4v) is 1.99. The Labute approximate surface area is 93.4 Å². The summed E-state index contributed by atoms with van der Waals surface area (Å²) in [4.78, 5) is 25.6. The van der Waals surface area contributed by atoms with E-state index in [1.54, 1.807) is 4.90 Å². The molecule has 1 aliphatic rings. The van der Waals surface area contributed by atoms with Crippen LogP contribution in [0.25, 0.3) is 0 Å². The molecule has 0 spiro atoms. The Morgan fingerprint density at radius 3 is 2.33 bits per heavy atom. The number of hydrogen-bond donors (Lipinski definition) is 1. The van der Waals surface area contributed by atoms with E-state index < -0.39 is 5.97 Å². The Bertz CT molecular complexity index is 240. The highest BCUT2D eigenvalue weighted by Crippen LogP contribution is 2.04. The van der Waals surface area contributed by atoms with Crippen LogP contribution in [0.1, 0.15) is 0 Å². The molecule has 1 aliphatic heterocycles. The van der Waals surface area contributed by atoms with Crippen molar-refractivity contribution in [1.29, 1.82) is 0 Å². The van der Waals surface area contributed by atoms with Gasteiger partial charge in [-0.2, -0.15) is 11.8 Å². The minimum absolute atomic E-state index is 0.0740. The van der Waals surface area contributed by atoms with Crippen LogP contribution in [0.3, 0.4) is 0 Å². The predicted molar refractivity (Wildman–Crippen MR) is 59.0 cm³/mol. The zero-order valence-electron chi connectivity index (χ0n) is 8.81. The summed E-state index contributed by atoms with van der Waals surface area (Å²) in [6, 6.07) is 0. The summed E-state index contributed by atoms with van der Waals surface area (Å²) in [5, 5.41) is 8.60. The summed E-state index contributed by atoms with van der Waals surface area (Å²) < 4.78 is 0. The van der Waals surface area contributed by atoms with Crippen LogP contribution >= 0.6 is 11.8 Å². The third-order valence-corrected chi connectivity index (χ3v) is 2.89. The molecule has 1 N–H and O–H groups in total. The van der Waals surface area contributed by atoms with Crippen LogP contribution in [0.5, 0.6) is 0 Å². The van der Waals surface area contributed by atoms with Crippen LogP contribution in [0.2, 0.25) is 0 Å². The van der Waals surface area contributed by atoms with Crippen molar-refractivity contribution in [3.63, 3.8) is 0 Å². The molecule has 1 fully saturated rings. The molecule has 0 atom stereocenters. The highest BCUT2D eigenvalue weighted by Gasteiger charge is 2.21. The van der Waals surface area contributed by atoms with E-state index in [0.717, 1.165) is 0 Å². The van der Waals surface area contributed by atoms with Crippen LogP contribution in [-0.4, -0.2) is 71.5 Å². The minimum atomic E-state index is -0.807. The van der Waals surface area contributed by atoms with Gasteiger partial charge in [0.2, 0.25) is 5.91 Å². The van der Waals surface area contributed by atoms with E-state index in [0.29, 0.717) is 31.9 Å². The second kappa shape index (κ2) is 5.97. The Balaban J connectivity index is 2.29. The molecular weight excluding hydrogens is 216 g/mol. The molecule has 0 aromatic heterocycles. The van der Waals surface area contributed by atoms with Gasteiger partial charge >= 0.3 is 5.97 Å². The Morgan fingerprint density at radius 1 is 1.27 bits per heavy atom. The van der Waals surface area contributed by atoms with Crippen LogP contribution in [0.15, 0.2) is 0 Å². The monoisotopic (exact) mass is 232 g/mol. The minimum Gasteiger partial charge on any atom is -0.480 e. The topological polar surface area (TPSA) is 60.9 Å². The first-order chi connectivity index (χ1) is 7.13. The van der Waals surface area contributed by atoms with Gasteiger partial charge in [0.05, 0.1) is 12.3 Å². The summed E-state index contributed by atoms with van der Waals surface area (Å²) in [6.45, 7) is 2.68. The molecule has 0 aromatic carbocycles. The number of nitrogens with zero attached hydrogens (tertiary/aromatic N) is 2. The van der Waals surface area contributed by atoms with Crippen molar-refractivity contribution in [3.8, 4) is 0 Å². The summed E-state index contributed by atoms with van der Waals surface area (Å²) in [5.74, 6) is -0.143. The van der Waals surface area contributed by atoms with Crippen molar-refractivity contribution in [2.75, 3.05) is 44.7 Å². The Morgan fingerprint density at radius 2 is 1.87 bits per heavy atom. The van der Waals surface area contributed by atoms with E-state index in [1.165, 1.54) is 11.8 Å². The molecule has 0 bridgehead atoms. The maximum atomic E-state index is 11.5. The number of piperazine rings is 1. The van der Waals surface area contributed by atoms with Gasteiger partial charge in [0.1, 0.15) is 0 Å². The first-order valence-corrected chi connectivity index (χ1v) is 6.23. The first kappa shape index (κ1) is 12.3. The SMILES string of the molecule is CSCC(=O)N1CCN(CC(=O)O)CC1. The number of thioether (sulfide) groups is 1. The number of hydrogen-bond acceptors (Lipinski definition) is 4. The molecule has 1 heterocycles. The molecule has 1 saturated heterocycles. The molecule has 5 nitrogen and oxygen atoms in total. The maximum Gasteiger partial charge on any atom is 0.317 e. The summed E-state index contributed by atoms with van der Waals surface area (Å²) in [6.07, 6.45) is 1.90. The van der Waals surface area contributed by atoms with E-state index in [2.05, 4.69) is 0 Å². The lowest BCUT2D eigenvalue weighted by Gasteiger charge is -2.33. The standard InChI is InChI=1S/C9H16N2O3S/c1-15-7-8(12)11-4-2-10(3-5-11)6-9(13)14/h2-7H2,1H3,(H,13,14). The number of aliphatic carboxylic acids is 1. The smallest absolute Gasteiger partial charge is 0.317 e. The molecule has 0 aliphatic carbocycles. The number of carboxylic acid groups (broad SMARTS) is 1. The molecule has 0 aromatic rings. The molecular formula is C9H16N2O3S. The van der Waals surface area contributed by atoms with Crippen LogP contribution in [-0.2, 0) is 9.59 Å². The third kappa shape index (κ3) is 4.09.